The highest BCUT2D eigenvalue weighted by Crippen LogP contribution is 2.41. The molecule has 2 nitrogen and oxygen atoms in total. The Labute approximate surface area is 180 Å². The fraction of sp³-hybridized carbons (Fsp3) is 0.208. The van der Waals surface area contributed by atoms with E-state index in [-0.39, 0.29) is 6.42 Å². The molecule has 0 aliphatic rings. The first kappa shape index (κ1) is 23.4. The average Bonchev–Trinajstić information content (AvgIpc) is 2.73. The molecule has 0 saturated heterocycles. The minimum Gasteiger partial charge on any atom is -0.481 e. The summed E-state index contributed by atoms with van der Waals surface area (Å²) in [6.45, 7) is 1.67. The van der Waals surface area contributed by atoms with E-state index in [9.17, 15) is 36.2 Å². The summed E-state index contributed by atoms with van der Waals surface area (Å²) in [5.41, 5.74) is 0.187. The molecule has 3 rings (SSSR count). The Hall–Kier alpha value is -3.29. The quantitative estimate of drug-likeness (QED) is 0.404. The molecule has 1 unspecified atom stereocenters. The number of aliphatic carboxylic acids is 1. The van der Waals surface area contributed by atoms with Crippen LogP contribution < -0.4 is 0 Å². The van der Waals surface area contributed by atoms with Crippen LogP contribution in [0.1, 0.15) is 36.0 Å². The first-order valence-electron chi connectivity index (χ1n) is 9.64. The summed E-state index contributed by atoms with van der Waals surface area (Å²) < 4.78 is 77.8. The topological polar surface area (TPSA) is 37.3 Å². The van der Waals surface area contributed by atoms with Gasteiger partial charge in [0.25, 0.3) is 0 Å². The van der Waals surface area contributed by atoms with Crippen molar-refractivity contribution in [2.75, 3.05) is 0 Å². The van der Waals surface area contributed by atoms with Crippen LogP contribution in [0.3, 0.4) is 0 Å². The van der Waals surface area contributed by atoms with Crippen molar-refractivity contribution < 1.29 is 36.2 Å². The minimum absolute atomic E-state index is 0.222. The van der Waals surface area contributed by atoms with Gasteiger partial charge >= 0.3 is 18.3 Å². The van der Waals surface area contributed by atoms with Gasteiger partial charge in [-0.3, -0.25) is 4.79 Å². The van der Waals surface area contributed by atoms with Crippen molar-refractivity contribution in [1.82, 2.24) is 0 Å². The highest BCUT2D eigenvalue weighted by Gasteiger charge is 2.32. The second-order valence-corrected chi connectivity index (χ2v) is 7.22. The summed E-state index contributed by atoms with van der Waals surface area (Å²) >= 11 is 0. The Morgan fingerprint density at radius 2 is 1.25 bits per heavy atom. The molecule has 32 heavy (non-hydrogen) atoms. The van der Waals surface area contributed by atoms with Gasteiger partial charge in [0.05, 0.1) is 17.0 Å². The highest BCUT2D eigenvalue weighted by molar-refractivity contribution is 5.90. The lowest BCUT2D eigenvalue weighted by Crippen LogP contribution is -2.12. The van der Waals surface area contributed by atoms with Gasteiger partial charge in [-0.25, -0.2) is 0 Å². The predicted octanol–water partition coefficient (Wildman–Crippen LogP) is 7.64. The molecule has 0 spiro atoms. The largest absolute Gasteiger partial charge is 0.481 e. The minimum atomic E-state index is -4.54. The Morgan fingerprint density at radius 1 is 0.781 bits per heavy atom. The van der Waals surface area contributed by atoms with Gasteiger partial charge in [-0.15, -0.1) is 0 Å². The molecular formula is C24H18F6O2. The molecule has 0 saturated carbocycles. The van der Waals surface area contributed by atoms with Crippen molar-refractivity contribution >= 4 is 5.97 Å². The first-order valence-corrected chi connectivity index (χ1v) is 9.64. The number of hydrogen-bond donors (Lipinski definition) is 1. The molecule has 3 aromatic carbocycles. The molecule has 0 fully saturated rings. The molecule has 0 heterocycles. The van der Waals surface area contributed by atoms with Gasteiger partial charge in [-0.2, -0.15) is 26.3 Å². The Morgan fingerprint density at radius 3 is 1.66 bits per heavy atom. The summed E-state index contributed by atoms with van der Waals surface area (Å²) in [5.74, 6) is -2.05. The second kappa shape index (κ2) is 8.68. The van der Waals surface area contributed by atoms with Crippen molar-refractivity contribution in [2.24, 2.45) is 0 Å². The van der Waals surface area contributed by atoms with E-state index in [2.05, 4.69) is 0 Å². The summed E-state index contributed by atoms with van der Waals surface area (Å²) in [5, 5.41) is 9.66. The molecule has 0 amide bonds. The van der Waals surface area contributed by atoms with Gasteiger partial charge in [0.15, 0.2) is 0 Å². The number of alkyl halides is 6. The SMILES string of the molecule is CCC(C(=O)O)c1cccc(-c2ccc(C(F)(F)F)cc2)c1-c1ccc(C(F)(F)F)cc1. The number of carboxylic acid groups (broad SMARTS) is 1. The van der Waals surface area contributed by atoms with E-state index in [4.69, 9.17) is 0 Å². The van der Waals surface area contributed by atoms with E-state index >= 15 is 0 Å². The molecule has 8 heteroatoms. The third-order valence-electron chi connectivity index (χ3n) is 5.20. The van der Waals surface area contributed by atoms with Crippen molar-refractivity contribution in [3.63, 3.8) is 0 Å². The van der Waals surface area contributed by atoms with Gasteiger partial charge in [0.1, 0.15) is 0 Å². The zero-order valence-electron chi connectivity index (χ0n) is 16.8. The highest BCUT2D eigenvalue weighted by atomic mass is 19.4. The van der Waals surface area contributed by atoms with Crippen LogP contribution in [0.2, 0.25) is 0 Å². The van der Waals surface area contributed by atoms with Crippen LogP contribution in [-0.2, 0) is 17.1 Å². The number of carbonyl (C=O) groups is 1. The maximum atomic E-state index is 13.0. The molecule has 0 bridgehead atoms. The fourth-order valence-corrected chi connectivity index (χ4v) is 3.62. The summed E-state index contributed by atoms with van der Waals surface area (Å²) in [6.07, 6.45) is -8.84. The molecule has 1 N–H and O–H groups in total. The van der Waals surface area contributed by atoms with Crippen molar-refractivity contribution in [3.8, 4) is 22.3 Å². The smallest absolute Gasteiger partial charge is 0.416 e. The van der Waals surface area contributed by atoms with Crippen LogP contribution in [0.4, 0.5) is 26.3 Å². The molecule has 168 valence electrons. The molecule has 1 atom stereocenters. The molecule has 0 aromatic heterocycles. The maximum Gasteiger partial charge on any atom is 0.416 e. The van der Waals surface area contributed by atoms with Crippen molar-refractivity contribution in [1.29, 1.82) is 0 Å². The zero-order valence-corrected chi connectivity index (χ0v) is 16.8. The zero-order chi connectivity index (χ0) is 23.7. The van der Waals surface area contributed by atoms with E-state index in [0.717, 1.165) is 24.3 Å². The average molecular weight is 452 g/mol. The van der Waals surface area contributed by atoms with E-state index in [1.807, 2.05) is 0 Å². The lowest BCUT2D eigenvalue weighted by Gasteiger charge is -2.20. The van der Waals surface area contributed by atoms with Crippen LogP contribution in [0, 0.1) is 0 Å². The maximum absolute atomic E-state index is 13.0. The molecule has 0 radical (unpaired) electrons. The third kappa shape index (κ3) is 4.79. The van der Waals surface area contributed by atoms with Crippen LogP contribution in [0.15, 0.2) is 66.7 Å². The van der Waals surface area contributed by atoms with Crippen LogP contribution >= 0.6 is 0 Å². The predicted molar refractivity (Wildman–Crippen MR) is 108 cm³/mol. The third-order valence-corrected chi connectivity index (χ3v) is 5.20. The van der Waals surface area contributed by atoms with E-state index in [1.54, 1.807) is 25.1 Å². The molecular weight excluding hydrogens is 434 g/mol. The van der Waals surface area contributed by atoms with Gasteiger partial charge in [0, 0.05) is 0 Å². The lowest BCUT2D eigenvalue weighted by atomic mass is 9.84. The standard InChI is InChI=1S/C24H18F6O2/c1-2-18(22(31)32)20-5-3-4-19(14-6-10-16(11-7-14)23(25,26)27)21(20)15-8-12-17(13-9-15)24(28,29)30/h3-13,18H,2H2,1H3,(H,31,32). The molecule has 3 aromatic rings. The van der Waals surface area contributed by atoms with Crippen LogP contribution in [-0.4, -0.2) is 11.1 Å². The lowest BCUT2D eigenvalue weighted by molar-refractivity contribution is -0.139. The van der Waals surface area contributed by atoms with Gasteiger partial charge in [-0.05, 0) is 58.5 Å². The monoisotopic (exact) mass is 452 g/mol. The van der Waals surface area contributed by atoms with Gasteiger partial charge in [-0.1, -0.05) is 49.4 Å². The number of benzene rings is 3. The summed E-state index contributed by atoms with van der Waals surface area (Å²) in [6, 6.07) is 13.4. The molecule has 0 aliphatic carbocycles. The molecule has 0 aliphatic heterocycles. The van der Waals surface area contributed by atoms with Crippen molar-refractivity contribution in [3.05, 3.63) is 83.4 Å². The number of halogens is 6. The van der Waals surface area contributed by atoms with E-state index < -0.39 is 35.4 Å². The van der Waals surface area contributed by atoms with Gasteiger partial charge in [0.2, 0.25) is 0 Å². The Bertz CT molecular complexity index is 1100. The number of carboxylic acids is 1. The van der Waals surface area contributed by atoms with Crippen molar-refractivity contribution in [2.45, 2.75) is 31.6 Å². The number of rotatable bonds is 5. The number of hydrogen-bond acceptors (Lipinski definition) is 1. The first-order chi connectivity index (χ1) is 14.9. The van der Waals surface area contributed by atoms with E-state index in [0.29, 0.717) is 27.8 Å². The summed E-state index contributed by atoms with van der Waals surface area (Å²) in [7, 11) is 0. The summed E-state index contributed by atoms with van der Waals surface area (Å²) in [4.78, 5) is 11.8. The normalized spacial score (nSPS) is 13.1. The van der Waals surface area contributed by atoms with Crippen LogP contribution in [0.25, 0.3) is 22.3 Å². The van der Waals surface area contributed by atoms with E-state index in [1.165, 1.54) is 24.3 Å². The van der Waals surface area contributed by atoms with Crippen LogP contribution in [0.5, 0.6) is 0 Å². The fourth-order valence-electron chi connectivity index (χ4n) is 3.62. The Kier molecular flexibility index (Phi) is 6.34. The second-order valence-electron chi connectivity index (χ2n) is 7.22. The van der Waals surface area contributed by atoms with Gasteiger partial charge < -0.3 is 5.11 Å². The Balaban J connectivity index is 2.23.